The summed E-state index contributed by atoms with van der Waals surface area (Å²) in [5.41, 5.74) is 1.75. The Morgan fingerprint density at radius 1 is 1.18 bits per heavy atom. The van der Waals surface area contributed by atoms with Crippen molar-refractivity contribution in [1.82, 2.24) is 4.40 Å². The first-order valence-electron chi connectivity index (χ1n) is 10.6. The number of rotatable bonds is 5. The monoisotopic (exact) mass is 459 g/mol. The van der Waals surface area contributed by atoms with E-state index in [9.17, 15) is 27.9 Å². The van der Waals surface area contributed by atoms with Gasteiger partial charge in [-0.1, -0.05) is 12.1 Å². The number of pyridine rings is 2. The molecule has 4 rings (SSSR count). The number of nitrogens with zero attached hydrogens (tertiary/aromatic N) is 2. The second kappa shape index (κ2) is 8.46. The molecule has 1 aliphatic heterocycles. The predicted octanol–water partition coefficient (Wildman–Crippen LogP) is 4.85. The molecular weight excluding hydrogens is 435 g/mol. The van der Waals surface area contributed by atoms with E-state index in [1.54, 1.807) is 43.0 Å². The van der Waals surface area contributed by atoms with Gasteiger partial charge in [-0.3, -0.25) is 9.20 Å². The molecule has 9 heteroatoms. The number of hydrogen-bond donors (Lipinski definition) is 2. The molecule has 1 fully saturated rings. The summed E-state index contributed by atoms with van der Waals surface area (Å²) in [5.74, 6) is -4.45. The van der Waals surface area contributed by atoms with E-state index in [1.165, 1.54) is 16.5 Å². The van der Waals surface area contributed by atoms with Crippen LogP contribution < -0.4 is 15.8 Å². The van der Waals surface area contributed by atoms with Crippen molar-refractivity contribution in [3.05, 3.63) is 75.5 Å². The normalized spacial score (nSPS) is 16.6. The molecule has 0 radical (unpaired) electrons. The lowest BCUT2D eigenvalue weighted by Crippen LogP contribution is -2.40. The van der Waals surface area contributed by atoms with Gasteiger partial charge in [-0.15, -0.1) is 0 Å². The number of benzene rings is 1. The number of carboxylic acid groups (broad SMARTS) is 1. The van der Waals surface area contributed by atoms with E-state index >= 15 is 0 Å². The molecule has 3 aromatic rings. The zero-order valence-electron chi connectivity index (χ0n) is 18.2. The lowest BCUT2D eigenvalue weighted by molar-refractivity contribution is -0.0220. The highest BCUT2D eigenvalue weighted by molar-refractivity contribution is 5.94. The highest BCUT2D eigenvalue weighted by Crippen LogP contribution is 2.33. The van der Waals surface area contributed by atoms with Crippen molar-refractivity contribution in [3.8, 4) is 0 Å². The van der Waals surface area contributed by atoms with Gasteiger partial charge in [0.25, 0.3) is 11.5 Å². The minimum Gasteiger partial charge on any atom is -0.478 e. The Kier molecular flexibility index (Phi) is 5.82. The summed E-state index contributed by atoms with van der Waals surface area (Å²) in [6.45, 7) is 3.56. The summed E-state index contributed by atoms with van der Waals surface area (Å²) in [4.78, 5) is 26.4. The molecule has 2 N–H and O–H groups in total. The fourth-order valence-corrected chi connectivity index (χ4v) is 4.30. The van der Waals surface area contributed by atoms with E-state index in [-0.39, 0.29) is 31.5 Å². The Morgan fingerprint density at radius 3 is 2.52 bits per heavy atom. The van der Waals surface area contributed by atoms with E-state index in [4.69, 9.17) is 0 Å². The first kappa shape index (κ1) is 22.7. The minimum absolute atomic E-state index is 0.0630. The number of anilines is 2. The molecule has 1 aromatic carbocycles. The highest BCUT2D eigenvalue weighted by Gasteiger charge is 2.34. The van der Waals surface area contributed by atoms with Crippen LogP contribution in [0.5, 0.6) is 0 Å². The average molecular weight is 459 g/mol. The van der Waals surface area contributed by atoms with Crippen LogP contribution in [-0.4, -0.2) is 34.5 Å². The molecule has 174 valence electrons. The first-order valence-corrected chi connectivity index (χ1v) is 10.6. The Hall–Kier alpha value is -3.49. The molecule has 0 spiro atoms. The number of fused-ring (bicyclic) bond motifs is 1. The van der Waals surface area contributed by atoms with Crippen LogP contribution in [-0.2, 0) is 0 Å². The van der Waals surface area contributed by atoms with Gasteiger partial charge in [0, 0.05) is 54.6 Å². The van der Waals surface area contributed by atoms with E-state index in [0.29, 0.717) is 28.0 Å². The van der Waals surface area contributed by atoms with Crippen molar-refractivity contribution < 1.29 is 23.1 Å². The molecule has 0 aliphatic carbocycles. The van der Waals surface area contributed by atoms with Gasteiger partial charge in [0.2, 0.25) is 0 Å². The largest absolute Gasteiger partial charge is 0.478 e. The zero-order valence-corrected chi connectivity index (χ0v) is 18.2. The molecule has 0 unspecified atom stereocenters. The van der Waals surface area contributed by atoms with Crippen molar-refractivity contribution in [2.75, 3.05) is 23.3 Å². The maximum absolute atomic E-state index is 14.5. The minimum atomic E-state index is -2.72. The molecule has 0 saturated carbocycles. The smallest absolute Gasteiger partial charge is 0.337 e. The summed E-state index contributed by atoms with van der Waals surface area (Å²) < 4.78 is 43.0. The number of carbonyl (C=O) groups is 1. The van der Waals surface area contributed by atoms with E-state index < -0.39 is 29.3 Å². The molecule has 3 heterocycles. The molecule has 0 bridgehead atoms. The molecule has 2 aromatic heterocycles. The van der Waals surface area contributed by atoms with Crippen molar-refractivity contribution in [3.63, 3.8) is 0 Å². The predicted molar refractivity (Wildman–Crippen MR) is 120 cm³/mol. The number of hydrogen-bond acceptors (Lipinski definition) is 4. The number of piperidine rings is 1. The van der Waals surface area contributed by atoms with Crippen LogP contribution in [0.2, 0.25) is 0 Å². The zero-order chi connectivity index (χ0) is 23.9. The molecule has 0 amide bonds. The number of nitrogens with one attached hydrogen (secondary N) is 1. The highest BCUT2D eigenvalue weighted by atomic mass is 19.3. The maximum atomic E-state index is 14.5. The van der Waals surface area contributed by atoms with Gasteiger partial charge >= 0.3 is 5.97 Å². The molecule has 1 atom stereocenters. The standard InChI is InChI=1S/C24H24F3N3O3/c1-14-20(29-9-7-24(26,27)8-10-29)12-21-18(11-16(25)13-30(21)22(14)31)15(2)28-19-6-4-3-5-17(19)23(32)33/h3-6,11-13,15,28H,7-10H2,1-2H3,(H,32,33)/t15-/m0/s1. The van der Waals surface area contributed by atoms with E-state index in [2.05, 4.69) is 5.32 Å². The fourth-order valence-electron chi connectivity index (χ4n) is 4.30. The number of aromatic nitrogens is 1. The summed E-state index contributed by atoms with van der Waals surface area (Å²) in [6, 6.07) is 8.81. The second-order valence-corrected chi connectivity index (χ2v) is 8.39. The van der Waals surface area contributed by atoms with Gasteiger partial charge < -0.3 is 15.3 Å². The van der Waals surface area contributed by atoms with Crippen molar-refractivity contribution in [1.29, 1.82) is 0 Å². The van der Waals surface area contributed by atoms with Crippen LogP contribution in [0.15, 0.2) is 47.4 Å². The summed E-state index contributed by atoms with van der Waals surface area (Å²) >= 11 is 0. The van der Waals surface area contributed by atoms with Crippen LogP contribution >= 0.6 is 0 Å². The molecule has 33 heavy (non-hydrogen) atoms. The van der Waals surface area contributed by atoms with Gasteiger partial charge in [0.05, 0.1) is 17.1 Å². The van der Waals surface area contributed by atoms with E-state index in [0.717, 1.165) is 6.20 Å². The van der Waals surface area contributed by atoms with Crippen molar-refractivity contribution in [2.45, 2.75) is 38.7 Å². The lowest BCUT2D eigenvalue weighted by Gasteiger charge is -2.34. The third kappa shape index (κ3) is 4.40. The lowest BCUT2D eigenvalue weighted by atomic mass is 10.0. The number of carboxylic acids is 1. The van der Waals surface area contributed by atoms with Gasteiger partial charge in [0.1, 0.15) is 5.82 Å². The number of aromatic carboxylic acids is 1. The second-order valence-electron chi connectivity index (χ2n) is 8.39. The Labute approximate surface area is 188 Å². The van der Waals surface area contributed by atoms with E-state index in [1.807, 2.05) is 0 Å². The third-order valence-electron chi connectivity index (χ3n) is 6.13. The van der Waals surface area contributed by atoms with Crippen LogP contribution in [0, 0.1) is 12.7 Å². The van der Waals surface area contributed by atoms with Crippen LogP contribution in [0.4, 0.5) is 24.5 Å². The van der Waals surface area contributed by atoms with Crippen LogP contribution in [0.3, 0.4) is 0 Å². The van der Waals surface area contributed by atoms with Gasteiger partial charge in [-0.25, -0.2) is 18.0 Å². The summed E-state index contributed by atoms with van der Waals surface area (Å²) in [7, 11) is 0. The topological polar surface area (TPSA) is 74.1 Å². The van der Waals surface area contributed by atoms with Gasteiger partial charge in [-0.2, -0.15) is 0 Å². The number of halogens is 3. The quantitative estimate of drug-likeness (QED) is 0.571. The molecule has 1 saturated heterocycles. The average Bonchev–Trinajstić information content (AvgIpc) is 2.76. The first-order chi connectivity index (χ1) is 15.6. The number of alkyl halides is 2. The van der Waals surface area contributed by atoms with Gasteiger partial charge in [0.15, 0.2) is 0 Å². The maximum Gasteiger partial charge on any atom is 0.337 e. The van der Waals surface area contributed by atoms with Crippen LogP contribution in [0.25, 0.3) is 5.52 Å². The SMILES string of the molecule is Cc1c(N2CCC(F)(F)CC2)cc2c([C@H](C)Nc3ccccc3C(=O)O)cc(F)cn2c1=O. The van der Waals surface area contributed by atoms with Crippen LogP contribution in [0.1, 0.15) is 47.3 Å². The Balaban J connectivity index is 1.80. The Bertz CT molecular complexity index is 1280. The number of para-hydroxylation sites is 1. The molecule has 1 aliphatic rings. The third-order valence-corrected chi connectivity index (χ3v) is 6.13. The Morgan fingerprint density at radius 2 is 1.85 bits per heavy atom. The molecule has 6 nitrogen and oxygen atoms in total. The fraction of sp³-hybridized carbons (Fsp3) is 0.333. The summed E-state index contributed by atoms with van der Waals surface area (Å²) in [6.07, 6.45) is 0.498. The summed E-state index contributed by atoms with van der Waals surface area (Å²) in [5, 5.41) is 12.5. The van der Waals surface area contributed by atoms with Gasteiger partial charge in [-0.05, 0) is 38.1 Å². The van der Waals surface area contributed by atoms with Crippen molar-refractivity contribution in [2.24, 2.45) is 0 Å². The van der Waals surface area contributed by atoms with Crippen molar-refractivity contribution >= 4 is 22.9 Å². The molecular formula is C24H24F3N3O3.